The summed E-state index contributed by atoms with van der Waals surface area (Å²) in [6, 6.07) is -4.39. The number of carboxylic acids is 12. The Balaban J connectivity index is -0.000000228. The number of aliphatic carboxylic acids is 12. The molecule has 0 saturated carbocycles. The molecule has 312 valence electrons. The molecule has 0 spiro atoms. The smallest absolute Gasteiger partial charge is 0.320 e. The van der Waals surface area contributed by atoms with Gasteiger partial charge in [-0.3, -0.25) is 72.2 Å². The van der Waals surface area contributed by atoms with Crippen molar-refractivity contribution in [3.05, 3.63) is 0 Å². The molecule has 0 saturated heterocycles. The van der Waals surface area contributed by atoms with Crippen LogP contribution in [0.4, 0.5) is 0 Å². The van der Waals surface area contributed by atoms with E-state index in [1.54, 1.807) is 0 Å². The van der Waals surface area contributed by atoms with Crippen LogP contribution in [-0.4, -0.2) is 205 Å². The van der Waals surface area contributed by atoms with Crippen LogP contribution in [0.25, 0.3) is 0 Å². The van der Waals surface area contributed by atoms with E-state index in [1.165, 1.54) is 0 Å². The van der Waals surface area contributed by atoms with Crippen LogP contribution >= 0.6 is 0 Å². The zero-order valence-corrected chi connectivity index (χ0v) is 36.2. The Bertz CT molecular complexity index is 1180. The molecule has 0 fully saturated rings. The molecule has 29 heteroatoms. The molecule has 0 aliphatic carbocycles. The van der Waals surface area contributed by atoms with Gasteiger partial charge in [-0.1, -0.05) is 0 Å². The van der Waals surface area contributed by atoms with Crippen molar-refractivity contribution < 1.29 is 190 Å². The molecule has 0 bridgehead atoms. The Labute approximate surface area is 369 Å². The maximum atomic E-state index is 10.9. The molecule has 3 atom stereocenters. The van der Waals surface area contributed by atoms with Gasteiger partial charge in [-0.2, -0.15) is 0 Å². The first kappa shape index (κ1) is 61.1. The Hall–Kier alpha value is -4.09. The Morgan fingerprint density at radius 2 is 0.429 bits per heavy atom. The summed E-state index contributed by atoms with van der Waals surface area (Å²) in [4.78, 5) is 129. The first-order valence-electron chi connectivity index (χ1n) is 14.6. The van der Waals surface area contributed by atoms with Crippen LogP contribution in [0.3, 0.4) is 0 Å². The average Bonchev–Trinajstić information content (AvgIpc) is 2.95. The Morgan fingerprint density at radius 1 is 0.286 bits per heavy atom. The second-order valence-corrected chi connectivity index (χ2v) is 10.4. The Kier molecular flexibility index (Phi) is 36.1. The van der Waals surface area contributed by atoms with Crippen molar-refractivity contribution in [2.24, 2.45) is 0 Å². The molecule has 0 unspecified atom stereocenters. The van der Waals surface area contributed by atoms with Crippen molar-refractivity contribution in [3.63, 3.8) is 0 Å². The quantitative estimate of drug-likeness (QED) is 0.0377. The molecular weight excluding hydrogens is 1030 g/mol. The van der Waals surface area contributed by atoms with Gasteiger partial charge in [-0.05, 0) is 19.3 Å². The number of carbonyl (C=O) groups is 12. The minimum Gasteiger partial charge on any atom is -0.481 e. The van der Waals surface area contributed by atoms with Gasteiger partial charge >= 0.3 is 71.6 Å². The fraction of sp³-hybridized carbons (Fsp3) is 0.556. The van der Waals surface area contributed by atoms with E-state index in [2.05, 4.69) is 0 Å². The summed E-state index contributed by atoms with van der Waals surface area (Å²) < 4.78 is 0. The van der Waals surface area contributed by atoms with Crippen molar-refractivity contribution >= 4 is 71.6 Å². The van der Waals surface area contributed by atoms with E-state index in [9.17, 15) is 57.5 Å². The summed E-state index contributed by atoms with van der Waals surface area (Å²) >= 11 is 0. The molecule has 0 aromatic heterocycles. The second-order valence-electron chi connectivity index (χ2n) is 10.4. The summed E-state index contributed by atoms with van der Waals surface area (Å²) in [6.45, 7) is -4.73. The third kappa shape index (κ3) is 34.4. The molecule has 12 N–H and O–H groups in total. The number of rotatable bonds is 27. The SMILES string of the molecule is O=C(O)CC[C@@H](C(=O)O)N(CC(=O)O)CC(=O)O.O=C(O)CC[C@@H](C(=O)O)N(CC(=O)O)CC(=O)O.O=C(O)CC[C@H](C(=O)O)N(CC(=O)O)CC(=O)O.[La].[La]. The van der Waals surface area contributed by atoms with Crippen LogP contribution in [0.1, 0.15) is 38.5 Å². The second kappa shape index (κ2) is 33.1. The number of hydrogen-bond donors (Lipinski definition) is 12. The molecule has 0 aliphatic rings. The fourth-order valence-corrected chi connectivity index (χ4v) is 4.04. The van der Waals surface area contributed by atoms with Crippen LogP contribution in [0.15, 0.2) is 0 Å². The van der Waals surface area contributed by atoms with Crippen molar-refractivity contribution in [1.29, 1.82) is 0 Å². The fourth-order valence-electron chi connectivity index (χ4n) is 4.04. The maximum absolute atomic E-state index is 10.9. The van der Waals surface area contributed by atoms with Gasteiger partial charge in [0.2, 0.25) is 0 Å². The van der Waals surface area contributed by atoms with Gasteiger partial charge in [0.1, 0.15) is 18.1 Å². The minimum absolute atomic E-state index is 0. The predicted octanol–water partition coefficient (Wildman–Crippen LogP) is -3.67. The molecule has 0 aromatic carbocycles. The summed E-state index contributed by atoms with van der Waals surface area (Å²) in [7, 11) is 0. The van der Waals surface area contributed by atoms with Crippen molar-refractivity contribution in [3.8, 4) is 0 Å². The molecular formula is C27H39La2N3O24. The largest absolute Gasteiger partial charge is 0.481 e. The monoisotopic (exact) mass is 1070 g/mol. The van der Waals surface area contributed by atoms with Gasteiger partial charge in [0.05, 0.1) is 39.3 Å². The zero-order valence-electron chi connectivity index (χ0n) is 29.0. The minimum atomic E-state index is -1.46. The molecule has 56 heavy (non-hydrogen) atoms. The predicted molar refractivity (Wildman–Crippen MR) is 165 cm³/mol. The standard InChI is InChI=1S/3C9H13NO8.2La/c3*11-6(12)2-1-5(9(17)18)10(3-7(13)14)4-8(15)16;;/h3*5H,1-4H2,(H,11,12)(H,13,14)(H,15,16)(H,17,18);;/t3*5-;;/m100../s1. The van der Waals surface area contributed by atoms with Gasteiger partial charge in [-0.25, -0.2) is 0 Å². The molecule has 0 amide bonds. The van der Waals surface area contributed by atoms with E-state index in [0.717, 1.165) is 0 Å². The van der Waals surface area contributed by atoms with Crippen LogP contribution in [-0.2, 0) is 57.5 Å². The van der Waals surface area contributed by atoms with Gasteiger partial charge in [0.25, 0.3) is 0 Å². The molecule has 0 heterocycles. The van der Waals surface area contributed by atoms with Gasteiger partial charge in [0, 0.05) is 90.5 Å². The van der Waals surface area contributed by atoms with E-state index >= 15 is 0 Å². The molecule has 0 rings (SSSR count). The van der Waals surface area contributed by atoms with E-state index < -0.39 is 148 Å². The average molecular weight is 1070 g/mol. The molecule has 0 aliphatic heterocycles. The van der Waals surface area contributed by atoms with E-state index in [-0.39, 0.29) is 90.5 Å². The number of hydrogen-bond acceptors (Lipinski definition) is 15. The van der Waals surface area contributed by atoms with Crippen molar-refractivity contribution in [1.82, 2.24) is 14.7 Å². The maximum Gasteiger partial charge on any atom is 0.320 e. The molecule has 0 aromatic rings. The van der Waals surface area contributed by atoms with E-state index in [1.807, 2.05) is 0 Å². The first-order chi connectivity index (χ1) is 24.7. The molecule has 2 radical (unpaired) electrons. The van der Waals surface area contributed by atoms with E-state index in [0.29, 0.717) is 14.7 Å². The normalized spacial score (nSPS) is 11.6. The number of nitrogens with zero attached hydrogens (tertiary/aromatic N) is 3. The topological polar surface area (TPSA) is 457 Å². The molecule has 27 nitrogen and oxygen atoms in total. The summed E-state index contributed by atoms with van der Waals surface area (Å²) in [6.07, 6.45) is -2.59. The van der Waals surface area contributed by atoms with Crippen LogP contribution in [0.2, 0.25) is 0 Å². The van der Waals surface area contributed by atoms with Crippen LogP contribution in [0.5, 0.6) is 0 Å². The third-order valence-corrected chi connectivity index (χ3v) is 6.10. The van der Waals surface area contributed by atoms with Gasteiger partial charge in [-0.15, -0.1) is 0 Å². The van der Waals surface area contributed by atoms with Crippen molar-refractivity contribution in [2.75, 3.05) is 39.3 Å². The van der Waals surface area contributed by atoms with E-state index in [4.69, 9.17) is 61.3 Å². The van der Waals surface area contributed by atoms with Crippen molar-refractivity contribution in [2.45, 2.75) is 56.7 Å². The number of carboxylic acid groups (broad SMARTS) is 12. The Morgan fingerprint density at radius 3 is 0.518 bits per heavy atom. The summed E-state index contributed by atoms with van der Waals surface area (Å²) in [5, 5.41) is 103. The first-order valence-corrected chi connectivity index (χ1v) is 14.6. The van der Waals surface area contributed by atoms with Gasteiger partial charge in [0.15, 0.2) is 0 Å². The van der Waals surface area contributed by atoms with Crippen LogP contribution < -0.4 is 0 Å². The third-order valence-electron chi connectivity index (χ3n) is 6.10. The zero-order chi connectivity index (χ0) is 42.9. The van der Waals surface area contributed by atoms with Crippen LogP contribution in [0, 0.1) is 71.2 Å². The summed E-state index contributed by atoms with van der Waals surface area (Å²) in [5.74, 6) is -16.5. The van der Waals surface area contributed by atoms with Gasteiger partial charge < -0.3 is 61.3 Å². The summed E-state index contributed by atoms with van der Waals surface area (Å²) in [5.41, 5.74) is 0.